The van der Waals surface area contributed by atoms with Gasteiger partial charge in [0.25, 0.3) is 0 Å². The fourth-order valence-electron chi connectivity index (χ4n) is 4.12. The average Bonchev–Trinajstić information content (AvgIpc) is 3.19. The summed E-state index contributed by atoms with van der Waals surface area (Å²) in [5, 5.41) is 15.2. The van der Waals surface area contributed by atoms with E-state index in [4.69, 9.17) is 0 Å². The Kier molecular flexibility index (Phi) is 5.01. The van der Waals surface area contributed by atoms with Crippen LogP contribution in [0.1, 0.15) is 43.8 Å². The number of hydrogen-bond donors (Lipinski definition) is 1. The summed E-state index contributed by atoms with van der Waals surface area (Å²) in [5.74, 6) is 0.503. The number of rotatable bonds is 7. The van der Waals surface area contributed by atoms with Gasteiger partial charge in [0.15, 0.2) is 0 Å². The maximum absolute atomic E-state index is 12.3. The van der Waals surface area contributed by atoms with Crippen LogP contribution in [0.5, 0.6) is 0 Å². The molecule has 0 spiro atoms. The first-order chi connectivity index (χ1) is 12.7. The Morgan fingerprint density at radius 1 is 1.31 bits per heavy atom. The maximum Gasteiger partial charge on any atom is 0.221 e. The Morgan fingerprint density at radius 3 is 2.88 bits per heavy atom. The number of nitrogens with one attached hydrogen (secondary N) is 1. The SMILES string of the molecule is Cn1nccc1[C@H]1[C@H](CNC(=O)CCn2ccnn2)CCCN1C1CC1. The molecule has 140 valence electrons. The first-order valence-electron chi connectivity index (χ1n) is 9.57. The van der Waals surface area contributed by atoms with Crippen molar-refractivity contribution in [2.75, 3.05) is 13.1 Å². The molecule has 1 aliphatic heterocycles. The molecule has 8 heteroatoms. The normalized spacial score (nSPS) is 23.9. The standard InChI is InChI=1S/C18H27N7O/c1-23-16(6-8-21-23)18-14(3-2-10-25(18)15-4-5-15)13-19-17(26)7-11-24-12-9-20-22-24/h6,8-9,12,14-15,18H,2-5,7,10-11,13H2,1H3,(H,19,26)/t14-,18+/m0/s1. The fraction of sp³-hybridized carbons (Fsp3) is 0.667. The Bertz CT molecular complexity index is 722. The van der Waals surface area contributed by atoms with Crippen molar-refractivity contribution >= 4 is 5.91 Å². The zero-order valence-corrected chi connectivity index (χ0v) is 15.3. The van der Waals surface area contributed by atoms with E-state index in [2.05, 4.69) is 31.7 Å². The lowest BCUT2D eigenvalue weighted by Crippen LogP contribution is -2.45. The topological polar surface area (TPSA) is 80.9 Å². The lowest BCUT2D eigenvalue weighted by atomic mass is 9.86. The summed E-state index contributed by atoms with van der Waals surface area (Å²) in [6.07, 6.45) is 10.6. The van der Waals surface area contributed by atoms with Gasteiger partial charge in [0.05, 0.1) is 24.5 Å². The van der Waals surface area contributed by atoms with Crippen LogP contribution in [-0.4, -0.2) is 54.7 Å². The smallest absolute Gasteiger partial charge is 0.221 e. The number of hydrogen-bond acceptors (Lipinski definition) is 5. The van der Waals surface area contributed by atoms with E-state index in [1.54, 1.807) is 17.1 Å². The van der Waals surface area contributed by atoms with Gasteiger partial charge in [-0.1, -0.05) is 5.21 Å². The zero-order valence-electron chi connectivity index (χ0n) is 15.3. The zero-order chi connectivity index (χ0) is 17.9. The summed E-state index contributed by atoms with van der Waals surface area (Å²) in [6, 6.07) is 3.19. The highest BCUT2D eigenvalue weighted by atomic mass is 16.1. The van der Waals surface area contributed by atoms with Gasteiger partial charge in [0, 0.05) is 38.4 Å². The second kappa shape index (κ2) is 7.57. The number of aryl methyl sites for hydroxylation is 2. The van der Waals surface area contributed by atoms with Gasteiger partial charge in [-0.05, 0) is 44.2 Å². The third-order valence-electron chi connectivity index (χ3n) is 5.57. The predicted octanol–water partition coefficient (Wildman–Crippen LogP) is 1.13. The second-order valence-electron chi connectivity index (χ2n) is 7.42. The number of likely N-dealkylation sites (tertiary alicyclic amines) is 1. The third kappa shape index (κ3) is 3.80. The Balaban J connectivity index is 1.38. The summed E-state index contributed by atoms with van der Waals surface area (Å²) < 4.78 is 3.68. The molecular formula is C18H27N7O. The van der Waals surface area contributed by atoms with E-state index in [-0.39, 0.29) is 5.91 Å². The number of aromatic nitrogens is 5. The van der Waals surface area contributed by atoms with Crippen LogP contribution in [0, 0.1) is 5.92 Å². The third-order valence-corrected chi connectivity index (χ3v) is 5.57. The summed E-state index contributed by atoms with van der Waals surface area (Å²) in [4.78, 5) is 14.9. The minimum absolute atomic E-state index is 0.0767. The van der Waals surface area contributed by atoms with Crippen molar-refractivity contribution in [3.05, 3.63) is 30.4 Å². The van der Waals surface area contributed by atoms with Crippen LogP contribution in [0.25, 0.3) is 0 Å². The van der Waals surface area contributed by atoms with Crippen molar-refractivity contribution in [2.24, 2.45) is 13.0 Å². The molecule has 26 heavy (non-hydrogen) atoms. The molecule has 1 aliphatic carbocycles. The van der Waals surface area contributed by atoms with Crippen LogP contribution in [0.4, 0.5) is 0 Å². The minimum atomic E-state index is 0.0767. The van der Waals surface area contributed by atoms with Crippen LogP contribution in [0.15, 0.2) is 24.7 Å². The number of piperidine rings is 1. The molecule has 0 radical (unpaired) electrons. The summed E-state index contributed by atoms with van der Waals surface area (Å²) in [5.41, 5.74) is 1.26. The van der Waals surface area contributed by atoms with E-state index in [0.717, 1.165) is 19.5 Å². The second-order valence-corrected chi connectivity index (χ2v) is 7.42. The van der Waals surface area contributed by atoms with Crippen molar-refractivity contribution in [1.29, 1.82) is 0 Å². The van der Waals surface area contributed by atoms with Crippen molar-refractivity contribution in [3.63, 3.8) is 0 Å². The summed E-state index contributed by atoms with van der Waals surface area (Å²) in [7, 11) is 2.02. The minimum Gasteiger partial charge on any atom is -0.356 e. The van der Waals surface area contributed by atoms with Gasteiger partial charge in [-0.3, -0.25) is 19.1 Å². The van der Waals surface area contributed by atoms with Crippen molar-refractivity contribution in [3.8, 4) is 0 Å². The predicted molar refractivity (Wildman–Crippen MR) is 96.0 cm³/mol. The largest absolute Gasteiger partial charge is 0.356 e. The first-order valence-corrected chi connectivity index (χ1v) is 9.57. The molecule has 1 saturated carbocycles. The highest BCUT2D eigenvalue weighted by Gasteiger charge is 2.41. The molecule has 0 bridgehead atoms. The molecule has 2 aliphatic rings. The summed E-state index contributed by atoms with van der Waals surface area (Å²) in [6.45, 7) is 2.43. The fourth-order valence-corrected chi connectivity index (χ4v) is 4.12. The average molecular weight is 357 g/mol. The molecule has 1 amide bonds. The van der Waals surface area contributed by atoms with E-state index in [1.165, 1.54) is 25.0 Å². The van der Waals surface area contributed by atoms with Gasteiger partial charge in [-0.25, -0.2) is 0 Å². The number of carbonyl (C=O) groups excluding carboxylic acids is 1. The van der Waals surface area contributed by atoms with E-state index in [1.807, 2.05) is 17.9 Å². The van der Waals surface area contributed by atoms with Gasteiger partial charge >= 0.3 is 0 Å². The Hall–Kier alpha value is -2.22. The van der Waals surface area contributed by atoms with E-state index >= 15 is 0 Å². The lowest BCUT2D eigenvalue weighted by molar-refractivity contribution is -0.121. The van der Waals surface area contributed by atoms with Gasteiger partial charge < -0.3 is 5.32 Å². The van der Waals surface area contributed by atoms with Crippen LogP contribution < -0.4 is 5.32 Å². The molecule has 0 unspecified atom stereocenters. The molecule has 2 aromatic rings. The van der Waals surface area contributed by atoms with Gasteiger partial charge in [0.2, 0.25) is 5.91 Å². The Labute approximate surface area is 153 Å². The molecule has 2 atom stereocenters. The monoisotopic (exact) mass is 357 g/mol. The highest BCUT2D eigenvalue weighted by Crippen LogP contribution is 2.42. The van der Waals surface area contributed by atoms with E-state index in [9.17, 15) is 4.79 Å². The molecule has 1 N–H and O–H groups in total. The maximum atomic E-state index is 12.3. The molecular weight excluding hydrogens is 330 g/mol. The number of carbonyl (C=O) groups is 1. The molecule has 8 nitrogen and oxygen atoms in total. The summed E-state index contributed by atoms with van der Waals surface area (Å²) >= 11 is 0. The number of nitrogens with zero attached hydrogens (tertiary/aromatic N) is 6. The van der Waals surface area contributed by atoms with E-state index in [0.29, 0.717) is 31.0 Å². The molecule has 1 saturated heterocycles. The molecule has 0 aromatic carbocycles. The molecule has 3 heterocycles. The highest BCUT2D eigenvalue weighted by molar-refractivity contribution is 5.75. The van der Waals surface area contributed by atoms with Crippen LogP contribution in [-0.2, 0) is 18.4 Å². The first kappa shape index (κ1) is 17.2. The van der Waals surface area contributed by atoms with Crippen molar-refractivity contribution in [2.45, 2.75) is 50.7 Å². The van der Waals surface area contributed by atoms with Crippen LogP contribution in [0.3, 0.4) is 0 Å². The Morgan fingerprint density at radius 2 is 2.19 bits per heavy atom. The van der Waals surface area contributed by atoms with Crippen molar-refractivity contribution < 1.29 is 4.79 Å². The molecule has 4 rings (SSSR count). The van der Waals surface area contributed by atoms with E-state index < -0.39 is 0 Å². The quantitative estimate of drug-likeness (QED) is 0.803. The number of amides is 1. The lowest BCUT2D eigenvalue weighted by Gasteiger charge is -2.41. The molecule has 2 aromatic heterocycles. The van der Waals surface area contributed by atoms with Crippen LogP contribution >= 0.6 is 0 Å². The van der Waals surface area contributed by atoms with Crippen LogP contribution in [0.2, 0.25) is 0 Å². The molecule has 2 fully saturated rings. The van der Waals surface area contributed by atoms with Gasteiger partial charge in [0.1, 0.15) is 0 Å². The van der Waals surface area contributed by atoms with Gasteiger partial charge in [-0.15, -0.1) is 5.10 Å². The van der Waals surface area contributed by atoms with Crippen molar-refractivity contribution in [1.82, 2.24) is 35.0 Å². The van der Waals surface area contributed by atoms with Gasteiger partial charge in [-0.2, -0.15) is 5.10 Å².